The molecule has 0 saturated heterocycles. The number of nitrogens with zero attached hydrogens (tertiary/aromatic N) is 1. The highest BCUT2D eigenvalue weighted by atomic mass is 14.7. The lowest BCUT2D eigenvalue weighted by atomic mass is 10.1. The van der Waals surface area contributed by atoms with Crippen molar-refractivity contribution in [2.45, 2.75) is 32.1 Å². The maximum Gasteiger partial charge on any atom is 0.0504 e. The molecule has 13 heavy (non-hydrogen) atoms. The minimum absolute atomic E-state index is 0.501. The Balaban J connectivity index is 2.40. The zero-order valence-electron chi connectivity index (χ0n) is 8.09. The molecule has 0 spiro atoms. The molecule has 0 saturated carbocycles. The van der Waals surface area contributed by atoms with Crippen LogP contribution in [-0.2, 0) is 12.8 Å². The van der Waals surface area contributed by atoms with Crippen molar-refractivity contribution in [3.05, 3.63) is 41.7 Å². The standard InChI is InChI=1S/C12H15N/c1-3-9-7-11-6-5-10(4-2)12(11)13-8-9/h4,7-8,10H,2-3,5-6H2,1H3. The molecule has 0 radical (unpaired) electrons. The van der Waals surface area contributed by atoms with Gasteiger partial charge in [-0.15, -0.1) is 6.58 Å². The second-order valence-corrected chi connectivity index (χ2v) is 3.62. The van der Waals surface area contributed by atoms with Crippen LogP contribution in [0.3, 0.4) is 0 Å². The third kappa shape index (κ3) is 1.39. The normalized spacial score (nSPS) is 19.9. The highest BCUT2D eigenvalue weighted by Gasteiger charge is 2.20. The van der Waals surface area contributed by atoms with Gasteiger partial charge in [-0.25, -0.2) is 0 Å². The lowest BCUT2D eigenvalue weighted by Crippen LogP contribution is -1.94. The fourth-order valence-corrected chi connectivity index (χ4v) is 1.98. The van der Waals surface area contributed by atoms with Gasteiger partial charge < -0.3 is 0 Å². The summed E-state index contributed by atoms with van der Waals surface area (Å²) in [6.07, 6.45) is 7.47. The summed E-state index contributed by atoms with van der Waals surface area (Å²) in [6.45, 7) is 6.01. The lowest BCUT2D eigenvalue weighted by Gasteiger charge is -2.04. The van der Waals surface area contributed by atoms with Crippen LogP contribution in [0.25, 0.3) is 0 Å². The largest absolute Gasteiger partial charge is 0.260 e. The lowest BCUT2D eigenvalue weighted by molar-refractivity contribution is 0.799. The van der Waals surface area contributed by atoms with Gasteiger partial charge in [0.2, 0.25) is 0 Å². The van der Waals surface area contributed by atoms with E-state index < -0.39 is 0 Å². The summed E-state index contributed by atoms with van der Waals surface area (Å²) in [7, 11) is 0. The molecule has 1 unspecified atom stereocenters. The highest BCUT2D eigenvalue weighted by Crippen LogP contribution is 2.32. The molecule has 2 rings (SSSR count). The molecule has 0 fully saturated rings. The molecular formula is C12H15N. The fourth-order valence-electron chi connectivity index (χ4n) is 1.98. The van der Waals surface area contributed by atoms with Gasteiger partial charge >= 0.3 is 0 Å². The number of fused-ring (bicyclic) bond motifs is 1. The Bertz CT molecular complexity index is 328. The molecule has 1 aromatic rings. The molecule has 1 aliphatic carbocycles. The van der Waals surface area contributed by atoms with Gasteiger partial charge in [-0.2, -0.15) is 0 Å². The average molecular weight is 173 g/mol. The van der Waals surface area contributed by atoms with Crippen molar-refractivity contribution in [1.29, 1.82) is 0 Å². The molecule has 1 heteroatoms. The van der Waals surface area contributed by atoms with Crippen molar-refractivity contribution in [2.24, 2.45) is 0 Å². The van der Waals surface area contributed by atoms with Crippen molar-refractivity contribution < 1.29 is 0 Å². The van der Waals surface area contributed by atoms with Gasteiger partial charge in [-0.3, -0.25) is 4.98 Å². The number of rotatable bonds is 2. The number of hydrogen-bond donors (Lipinski definition) is 0. The third-order valence-electron chi connectivity index (χ3n) is 2.83. The first-order valence-corrected chi connectivity index (χ1v) is 4.95. The van der Waals surface area contributed by atoms with Crippen LogP contribution in [0.2, 0.25) is 0 Å². The monoisotopic (exact) mass is 173 g/mol. The van der Waals surface area contributed by atoms with E-state index in [1.165, 1.54) is 29.7 Å². The van der Waals surface area contributed by atoms with E-state index >= 15 is 0 Å². The van der Waals surface area contributed by atoms with E-state index in [0.717, 1.165) is 6.42 Å². The van der Waals surface area contributed by atoms with Crippen molar-refractivity contribution in [1.82, 2.24) is 4.98 Å². The van der Waals surface area contributed by atoms with Crippen LogP contribution < -0.4 is 0 Å². The van der Waals surface area contributed by atoms with Crippen LogP contribution in [0, 0.1) is 0 Å². The van der Waals surface area contributed by atoms with Crippen LogP contribution in [0.5, 0.6) is 0 Å². The van der Waals surface area contributed by atoms with Crippen molar-refractivity contribution in [3.8, 4) is 0 Å². The van der Waals surface area contributed by atoms with Crippen molar-refractivity contribution in [3.63, 3.8) is 0 Å². The molecule has 0 bridgehead atoms. The van der Waals surface area contributed by atoms with Crippen LogP contribution in [0.15, 0.2) is 24.9 Å². The molecule has 0 N–H and O–H groups in total. The Morgan fingerprint density at radius 2 is 2.54 bits per heavy atom. The van der Waals surface area contributed by atoms with Crippen LogP contribution >= 0.6 is 0 Å². The number of hydrogen-bond acceptors (Lipinski definition) is 1. The summed E-state index contributed by atoms with van der Waals surface area (Å²) < 4.78 is 0. The second-order valence-electron chi connectivity index (χ2n) is 3.62. The van der Waals surface area contributed by atoms with E-state index in [2.05, 4.69) is 24.6 Å². The van der Waals surface area contributed by atoms with E-state index in [9.17, 15) is 0 Å². The van der Waals surface area contributed by atoms with E-state index in [0.29, 0.717) is 5.92 Å². The smallest absolute Gasteiger partial charge is 0.0504 e. The molecule has 1 nitrogen and oxygen atoms in total. The first kappa shape index (κ1) is 8.49. The number of pyridine rings is 1. The quantitative estimate of drug-likeness (QED) is 0.627. The molecule has 0 aromatic carbocycles. The molecule has 1 heterocycles. The third-order valence-corrected chi connectivity index (χ3v) is 2.83. The maximum atomic E-state index is 4.51. The number of aryl methyl sites for hydroxylation is 2. The first-order chi connectivity index (χ1) is 6.35. The van der Waals surface area contributed by atoms with Gasteiger partial charge in [0, 0.05) is 12.1 Å². The van der Waals surface area contributed by atoms with E-state index in [-0.39, 0.29) is 0 Å². The van der Waals surface area contributed by atoms with Crippen molar-refractivity contribution >= 4 is 0 Å². The maximum absolute atomic E-state index is 4.51. The number of aromatic nitrogens is 1. The van der Waals surface area contributed by atoms with Crippen LogP contribution in [0.4, 0.5) is 0 Å². The van der Waals surface area contributed by atoms with Gasteiger partial charge in [0.1, 0.15) is 0 Å². The van der Waals surface area contributed by atoms with E-state index in [1.807, 2.05) is 12.3 Å². The molecular weight excluding hydrogens is 158 g/mol. The van der Waals surface area contributed by atoms with Gasteiger partial charge in [-0.05, 0) is 30.4 Å². The zero-order valence-corrected chi connectivity index (χ0v) is 8.09. The first-order valence-electron chi connectivity index (χ1n) is 4.95. The average Bonchev–Trinajstić information content (AvgIpc) is 2.59. The SMILES string of the molecule is C=CC1CCc2cc(CC)cnc21. The van der Waals surface area contributed by atoms with Gasteiger partial charge in [0.05, 0.1) is 5.69 Å². The van der Waals surface area contributed by atoms with Crippen LogP contribution in [-0.4, -0.2) is 4.98 Å². The molecule has 1 aliphatic rings. The van der Waals surface area contributed by atoms with E-state index in [1.54, 1.807) is 0 Å². The Morgan fingerprint density at radius 3 is 3.23 bits per heavy atom. The van der Waals surface area contributed by atoms with Crippen LogP contribution in [0.1, 0.15) is 36.1 Å². The summed E-state index contributed by atoms with van der Waals surface area (Å²) >= 11 is 0. The predicted octanol–water partition coefficient (Wildman–Crippen LogP) is 2.86. The second kappa shape index (κ2) is 3.33. The predicted molar refractivity (Wildman–Crippen MR) is 54.9 cm³/mol. The minimum Gasteiger partial charge on any atom is -0.260 e. The van der Waals surface area contributed by atoms with Crippen molar-refractivity contribution in [2.75, 3.05) is 0 Å². The summed E-state index contributed by atoms with van der Waals surface area (Å²) in [6, 6.07) is 2.30. The highest BCUT2D eigenvalue weighted by molar-refractivity contribution is 5.34. The Morgan fingerprint density at radius 1 is 1.69 bits per heavy atom. The summed E-state index contributed by atoms with van der Waals surface area (Å²) in [4.78, 5) is 4.51. The summed E-state index contributed by atoms with van der Waals surface area (Å²) in [5, 5.41) is 0. The van der Waals surface area contributed by atoms with Gasteiger partial charge in [-0.1, -0.05) is 19.1 Å². The molecule has 0 amide bonds. The molecule has 68 valence electrons. The van der Waals surface area contributed by atoms with Gasteiger partial charge in [0.25, 0.3) is 0 Å². The Hall–Kier alpha value is -1.11. The Labute approximate surface area is 79.5 Å². The number of allylic oxidation sites excluding steroid dienone is 1. The topological polar surface area (TPSA) is 12.9 Å². The molecule has 1 atom stereocenters. The molecule has 0 aliphatic heterocycles. The molecule has 1 aromatic heterocycles. The fraction of sp³-hybridized carbons (Fsp3) is 0.417. The zero-order chi connectivity index (χ0) is 9.26. The van der Waals surface area contributed by atoms with E-state index in [4.69, 9.17) is 0 Å². The summed E-state index contributed by atoms with van der Waals surface area (Å²) in [5.74, 6) is 0.501. The summed E-state index contributed by atoms with van der Waals surface area (Å²) in [5.41, 5.74) is 4.04. The van der Waals surface area contributed by atoms with Gasteiger partial charge in [0.15, 0.2) is 0 Å². The minimum atomic E-state index is 0.501. The Kier molecular flexibility index (Phi) is 2.17.